The van der Waals surface area contributed by atoms with Crippen molar-refractivity contribution in [1.29, 1.82) is 0 Å². The van der Waals surface area contributed by atoms with Crippen LogP contribution >= 0.6 is 0 Å². The number of hydrogen-bond donors (Lipinski definition) is 2. The van der Waals surface area contributed by atoms with E-state index in [0.29, 0.717) is 18.5 Å². The summed E-state index contributed by atoms with van der Waals surface area (Å²) in [5.74, 6) is 2.51. The molecule has 0 amide bonds. The highest BCUT2D eigenvalue weighted by Gasteiger charge is 2.18. The summed E-state index contributed by atoms with van der Waals surface area (Å²) in [6, 6.07) is 10.0. The Kier molecular flexibility index (Phi) is 3.77. The molecule has 0 radical (unpaired) electrons. The van der Waals surface area contributed by atoms with Gasteiger partial charge >= 0.3 is 0 Å². The van der Waals surface area contributed by atoms with Crippen molar-refractivity contribution < 1.29 is 14.0 Å². The minimum Gasteiger partial charge on any atom is -0.461 e. The van der Waals surface area contributed by atoms with Gasteiger partial charge in [-0.1, -0.05) is 18.2 Å². The Morgan fingerprint density at radius 2 is 2.00 bits per heavy atom. The molecule has 4 heteroatoms. The van der Waals surface area contributed by atoms with Gasteiger partial charge in [0, 0.05) is 17.5 Å². The average Bonchev–Trinajstić information content (AvgIpc) is 3.07. The summed E-state index contributed by atoms with van der Waals surface area (Å²) in [6.45, 7) is 7.72. The summed E-state index contributed by atoms with van der Waals surface area (Å²) >= 11 is 0. The summed E-state index contributed by atoms with van der Waals surface area (Å²) in [6.07, 6.45) is 1.22. The summed E-state index contributed by atoms with van der Waals surface area (Å²) < 4.78 is 11.8. The Labute approximate surface area is 129 Å². The number of hydrogen-bond acceptors (Lipinski definition) is 4. The molecule has 0 bridgehead atoms. The maximum atomic E-state index is 8.88. The second-order valence-corrected chi connectivity index (χ2v) is 5.53. The highest BCUT2D eigenvalue weighted by molar-refractivity contribution is 5.94. The van der Waals surface area contributed by atoms with Crippen molar-refractivity contribution in [2.24, 2.45) is 0 Å². The van der Waals surface area contributed by atoms with Crippen molar-refractivity contribution in [3.8, 4) is 11.3 Å². The summed E-state index contributed by atoms with van der Waals surface area (Å²) in [4.78, 5) is 0. The van der Waals surface area contributed by atoms with Crippen LogP contribution in [0.4, 0.5) is 0 Å². The van der Waals surface area contributed by atoms with Gasteiger partial charge in [-0.25, -0.2) is 0 Å². The van der Waals surface area contributed by atoms with Crippen molar-refractivity contribution in [2.45, 2.75) is 26.7 Å². The lowest BCUT2D eigenvalue weighted by Crippen LogP contribution is -2.05. The predicted octanol–water partition coefficient (Wildman–Crippen LogP) is 4.73. The Morgan fingerprint density at radius 1 is 1.18 bits per heavy atom. The van der Waals surface area contributed by atoms with E-state index in [0.717, 1.165) is 33.8 Å². The van der Waals surface area contributed by atoms with Gasteiger partial charge in [0.2, 0.25) is 0 Å². The number of rotatable bonds is 5. The molecular weight excluding hydrogens is 278 g/mol. The molecule has 1 aromatic carbocycles. The zero-order valence-corrected chi connectivity index (χ0v) is 12.8. The third kappa shape index (κ3) is 2.65. The molecule has 0 fully saturated rings. The molecule has 2 N–H and O–H groups in total. The molecule has 0 spiro atoms. The quantitative estimate of drug-likeness (QED) is 0.668. The third-order valence-corrected chi connectivity index (χ3v) is 3.72. The van der Waals surface area contributed by atoms with E-state index in [-0.39, 0.29) is 0 Å². The lowest BCUT2D eigenvalue weighted by Gasteiger charge is -2.03. The van der Waals surface area contributed by atoms with Gasteiger partial charge < -0.3 is 8.83 Å². The van der Waals surface area contributed by atoms with Crippen LogP contribution in [0.1, 0.15) is 23.5 Å². The van der Waals surface area contributed by atoms with Gasteiger partial charge in [-0.3, -0.25) is 10.7 Å². The number of aryl methyl sites for hydroxylation is 3. The predicted molar refractivity (Wildman–Crippen MR) is 85.8 cm³/mol. The molecular formula is C18H19NO3. The van der Waals surface area contributed by atoms with Crippen LogP contribution < -0.4 is 5.48 Å². The molecule has 114 valence electrons. The molecule has 22 heavy (non-hydrogen) atoms. The number of allylic oxidation sites excluding steroid dienone is 1. The second-order valence-electron chi connectivity index (χ2n) is 5.53. The van der Waals surface area contributed by atoms with Gasteiger partial charge in [-0.2, -0.15) is 0 Å². The molecule has 0 saturated carbocycles. The molecule has 4 nitrogen and oxygen atoms in total. The maximum absolute atomic E-state index is 8.88. The van der Waals surface area contributed by atoms with E-state index >= 15 is 0 Å². The minimum atomic E-state index is 0.554. The van der Waals surface area contributed by atoms with E-state index < -0.39 is 0 Å². The fourth-order valence-corrected chi connectivity index (χ4v) is 2.60. The fraction of sp³-hybridized carbons (Fsp3) is 0.222. The third-order valence-electron chi connectivity index (χ3n) is 3.72. The van der Waals surface area contributed by atoms with Crippen LogP contribution in [-0.2, 0) is 6.42 Å². The van der Waals surface area contributed by atoms with E-state index in [1.807, 2.05) is 31.2 Å². The Hall–Kier alpha value is -2.46. The normalized spacial score (nSPS) is 11.0. The zero-order valence-electron chi connectivity index (χ0n) is 12.8. The van der Waals surface area contributed by atoms with Crippen molar-refractivity contribution >= 4 is 11.0 Å². The molecule has 3 aromatic rings. The minimum absolute atomic E-state index is 0.554. The first kappa shape index (κ1) is 14.5. The first-order valence-corrected chi connectivity index (χ1v) is 7.25. The second kappa shape index (κ2) is 5.73. The van der Waals surface area contributed by atoms with Gasteiger partial charge in [0.05, 0.1) is 5.56 Å². The van der Waals surface area contributed by atoms with Gasteiger partial charge in [0.1, 0.15) is 22.9 Å². The van der Waals surface area contributed by atoms with Crippen LogP contribution in [0.15, 0.2) is 51.4 Å². The highest BCUT2D eigenvalue weighted by Crippen LogP contribution is 2.37. The molecule has 0 atom stereocenters. The van der Waals surface area contributed by atoms with Gasteiger partial charge in [0.25, 0.3) is 0 Å². The molecule has 0 saturated heterocycles. The number of fused-ring (bicyclic) bond motifs is 1. The van der Waals surface area contributed by atoms with E-state index in [1.165, 1.54) is 5.56 Å². The van der Waals surface area contributed by atoms with Crippen molar-refractivity contribution in [1.82, 2.24) is 5.48 Å². The number of benzene rings is 1. The van der Waals surface area contributed by atoms with Crippen LogP contribution in [-0.4, -0.2) is 5.21 Å². The number of nitrogens with one attached hydrogen (secondary N) is 1. The van der Waals surface area contributed by atoms with E-state index in [4.69, 9.17) is 14.0 Å². The first-order valence-electron chi connectivity index (χ1n) is 7.25. The van der Waals surface area contributed by atoms with Crippen LogP contribution in [0.3, 0.4) is 0 Å². The Balaban J connectivity index is 2.11. The topological polar surface area (TPSA) is 58.5 Å². The first-order chi connectivity index (χ1) is 10.6. The monoisotopic (exact) mass is 297 g/mol. The smallest absolute Gasteiger partial charge is 0.138 e. The fourth-order valence-electron chi connectivity index (χ4n) is 2.60. The molecule has 0 unspecified atom stereocenters. The van der Waals surface area contributed by atoms with E-state index in [2.05, 4.69) is 25.0 Å². The maximum Gasteiger partial charge on any atom is 0.138 e. The molecule has 0 aliphatic carbocycles. The summed E-state index contributed by atoms with van der Waals surface area (Å²) in [5.41, 5.74) is 5.63. The van der Waals surface area contributed by atoms with E-state index in [9.17, 15) is 0 Å². The van der Waals surface area contributed by atoms with Crippen molar-refractivity contribution in [2.75, 3.05) is 0 Å². The van der Waals surface area contributed by atoms with Gasteiger partial charge in [-0.15, -0.1) is 0 Å². The summed E-state index contributed by atoms with van der Waals surface area (Å²) in [5, 5.41) is 9.93. The number of furan rings is 2. The van der Waals surface area contributed by atoms with E-state index in [1.54, 1.807) is 0 Å². The number of hydroxylamine groups is 1. The largest absolute Gasteiger partial charge is 0.461 e. The average molecular weight is 297 g/mol. The Bertz CT molecular complexity index is 826. The summed E-state index contributed by atoms with van der Waals surface area (Å²) in [7, 11) is 0. The lowest BCUT2D eigenvalue weighted by molar-refractivity contribution is 0.196. The standard InChI is InChI=1S/C18H19NO3/c1-11-4-7-15-14(10-11)18(16-9-6-13(3)21-16)17(22-15)8-5-12(2)19-20/h4,6-7,9-10,19-20H,2,5,8H2,1,3H3. The zero-order chi connectivity index (χ0) is 15.7. The molecule has 2 aromatic heterocycles. The van der Waals surface area contributed by atoms with Crippen molar-refractivity contribution in [3.05, 3.63) is 59.7 Å². The molecule has 0 aliphatic rings. The molecule has 2 heterocycles. The van der Waals surface area contributed by atoms with Gasteiger partial charge in [0.15, 0.2) is 0 Å². The van der Waals surface area contributed by atoms with Crippen LogP contribution in [0.5, 0.6) is 0 Å². The highest BCUT2D eigenvalue weighted by atomic mass is 16.5. The Morgan fingerprint density at radius 3 is 2.68 bits per heavy atom. The van der Waals surface area contributed by atoms with Crippen LogP contribution in [0.25, 0.3) is 22.3 Å². The molecule has 0 aliphatic heterocycles. The lowest BCUT2D eigenvalue weighted by atomic mass is 10.0. The molecule has 3 rings (SSSR count). The van der Waals surface area contributed by atoms with Crippen LogP contribution in [0, 0.1) is 13.8 Å². The van der Waals surface area contributed by atoms with Crippen molar-refractivity contribution in [3.63, 3.8) is 0 Å². The van der Waals surface area contributed by atoms with Gasteiger partial charge in [-0.05, 0) is 44.5 Å². The SMILES string of the molecule is C=C(CCc1oc2ccc(C)cc2c1-c1ccc(C)o1)NO. The van der Waals surface area contributed by atoms with Crippen LogP contribution in [0.2, 0.25) is 0 Å².